The first kappa shape index (κ1) is 16.3. The van der Waals surface area contributed by atoms with Crippen LogP contribution in [0, 0.1) is 0 Å². The largest absolute Gasteiger partial charge is 0.312 e. The third-order valence-corrected chi connectivity index (χ3v) is 6.72. The smallest absolute Gasteiger partial charge is 0.235 e. The van der Waals surface area contributed by atoms with Crippen molar-refractivity contribution in [2.24, 2.45) is 0 Å². The van der Waals surface area contributed by atoms with Gasteiger partial charge >= 0.3 is 0 Å². The number of sulfonamides is 1. The molecular weight excluding hydrogens is 312 g/mol. The van der Waals surface area contributed by atoms with Crippen LogP contribution in [0.3, 0.4) is 0 Å². The Kier molecular flexibility index (Phi) is 4.62. The number of aryl methyl sites for hydroxylation is 1. The zero-order valence-corrected chi connectivity index (χ0v) is 14.4. The Labute approximate surface area is 138 Å². The molecule has 5 nitrogen and oxygen atoms in total. The lowest BCUT2D eigenvalue weighted by Gasteiger charge is -2.29. The number of hydrogen-bond donors (Lipinski definition) is 1. The van der Waals surface area contributed by atoms with Crippen LogP contribution in [-0.4, -0.2) is 26.1 Å². The van der Waals surface area contributed by atoms with Crippen molar-refractivity contribution in [1.29, 1.82) is 0 Å². The lowest BCUT2D eigenvalue weighted by Crippen LogP contribution is -2.35. The summed E-state index contributed by atoms with van der Waals surface area (Å²) < 4.78 is 27.8. The van der Waals surface area contributed by atoms with E-state index in [-0.39, 0.29) is 11.2 Å². The quantitative estimate of drug-likeness (QED) is 0.919. The monoisotopic (exact) mass is 336 g/mol. The summed E-state index contributed by atoms with van der Waals surface area (Å²) in [6.45, 7) is 2.59. The predicted octanol–water partition coefficient (Wildman–Crippen LogP) is 3.06. The average molecular weight is 336 g/mol. The summed E-state index contributed by atoms with van der Waals surface area (Å²) in [5.74, 6) is 0.135. The third-order valence-electron chi connectivity index (χ3n) is 4.85. The highest BCUT2D eigenvalue weighted by Gasteiger charge is 2.28. The molecule has 23 heavy (non-hydrogen) atoms. The number of hydrogen-bond acceptors (Lipinski definition) is 3. The maximum Gasteiger partial charge on any atom is 0.235 e. The van der Waals surface area contributed by atoms with Crippen LogP contribution >= 0.6 is 0 Å². The lowest BCUT2D eigenvalue weighted by atomic mass is 10.0. The summed E-state index contributed by atoms with van der Waals surface area (Å²) >= 11 is 0. The van der Waals surface area contributed by atoms with Crippen LogP contribution in [0.1, 0.15) is 51.0 Å². The predicted molar refractivity (Wildman–Crippen MR) is 92.2 cm³/mol. The van der Waals surface area contributed by atoms with Crippen molar-refractivity contribution in [2.45, 2.75) is 57.1 Å². The maximum atomic E-state index is 12.5. The highest BCUT2D eigenvalue weighted by atomic mass is 32.2. The molecule has 1 aliphatic heterocycles. The van der Waals surface area contributed by atoms with E-state index in [9.17, 15) is 13.2 Å². The van der Waals surface area contributed by atoms with Gasteiger partial charge in [0.05, 0.1) is 5.25 Å². The Hall–Kier alpha value is -1.56. The van der Waals surface area contributed by atoms with E-state index in [1.54, 1.807) is 11.0 Å². The number of amides is 1. The molecule has 0 atom stereocenters. The van der Waals surface area contributed by atoms with Gasteiger partial charge in [-0.05, 0) is 49.9 Å². The minimum absolute atomic E-state index is 0.135. The lowest BCUT2D eigenvalue weighted by molar-refractivity contribution is -0.118. The maximum absolute atomic E-state index is 12.5. The number of nitrogens with one attached hydrogen (secondary N) is 1. The topological polar surface area (TPSA) is 66.5 Å². The van der Waals surface area contributed by atoms with Gasteiger partial charge in [-0.2, -0.15) is 0 Å². The van der Waals surface area contributed by atoms with Crippen molar-refractivity contribution in [3.8, 4) is 0 Å². The fraction of sp³-hybridized carbons (Fsp3) is 0.588. The minimum atomic E-state index is -3.32. The molecular formula is C17H24N2O3S. The molecule has 1 saturated carbocycles. The second kappa shape index (κ2) is 6.51. The Balaban J connectivity index is 1.81. The summed E-state index contributed by atoms with van der Waals surface area (Å²) in [5, 5.41) is -0.277. The molecule has 0 unspecified atom stereocenters. The number of benzene rings is 1. The number of carbonyl (C=O) groups is 1. The molecule has 1 aliphatic carbocycles. The molecule has 1 aromatic carbocycles. The average Bonchev–Trinajstić information content (AvgIpc) is 2.55. The number of carbonyl (C=O) groups excluding carboxylic acids is 1. The summed E-state index contributed by atoms with van der Waals surface area (Å²) in [5.41, 5.74) is 2.55. The van der Waals surface area contributed by atoms with Gasteiger partial charge in [-0.15, -0.1) is 0 Å². The SMILES string of the molecule is CCN1C(=O)CCc2cc(NS(=O)(=O)C3CCCCC3)ccc21. The van der Waals surface area contributed by atoms with E-state index in [1.807, 2.05) is 19.1 Å². The number of nitrogens with zero attached hydrogens (tertiary/aromatic N) is 1. The van der Waals surface area contributed by atoms with Gasteiger partial charge in [-0.25, -0.2) is 8.42 Å². The van der Waals surface area contributed by atoms with Crippen LogP contribution in [-0.2, 0) is 21.2 Å². The van der Waals surface area contributed by atoms with Crippen LogP contribution in [0.15, 0.2) is 18.2 Å². The van der Waals surface area contributed by atoms with Crippen LogP contribution in [0.4, 0.5) is 11.4 Å². The fourth-order valence-corrected chi connectivity index (χ4v) is 5.17. The highest BCUT2D eigenvalue weighted by molar-refractivity contribution is 7.93. The molecule has 1 aromatic rings. The zero-order valence-electron chi connectivity index (χ0n) is 13.5. The van der Waals surface area contributed by atoms with Gasteiger partial charge in [0.2, 0.25) is 15.9 Å². The molecule has 126 valence electrons. The highest BCUT2D eigenvalue weighted by Crippen LogP contribution is 2.31. The second-order valence-electron chi connectivity index (χ2n) is 6.39. The molecule has 0 bridgehead atoms. The van der Waals surface area contributed by atoms with Gasteiger partial charge in [0.1, 0.15) is 0 Å². The molecule has 6 heteroatoms. The van der Waals surface area contributed by atoms with Gasteiger partial charge in [0, 0.05) is 24.3 Å². The number of rotatable bonds is 4. The van der Waals surface area contributed by atoms with Crippen molar-refractivity contribution in [3.63, 3.8) is 0 Å². The molecule has 2 aliphatic rings. The molecule has 3 rings (SSSR count). The zero-order chi connectivity index (χ0) is 16.4. The standard InChI is InChI=1S/C17H24N2O3S/c1-2-19-16-10-9-14(12-13(16)8-11-17(19)20)18-23(21,22)15-6-4-3-5-7-15/h9-10,12,15,18H,2-8,11H2,1H3. The first-order valence-electron chi connectivity index (χ1n) is 8.46. The van der Waals surface area contributed by atoms with Crippen molar-refractivity contribution in [2.75, 3.05) is 16.2 Å². The molecule has 0 radical (unpaired) electrons. The van der Waals surface area contributed by atoms with E-state index in [0.717, 1.165) is 43.4 Å². The van der Waals surface area contributed by atoms with Crippen LogP contribution in [0.5, 0.6) is 0 Å². The van der Waals surface area contributed by atoms with E-state index in [0.29, 0.717) is 25.1 Å². The number of anilines is 2. The molecule has 1 N–H and O–H groups in total. The van der Waals surface area contributed by atoms with Gasteiger partial charge in [0.25, 0.3) is 0 Å². The van der Waals surface area contributed by atoms with Crippen molar-refractivity contribution in [3.05, 3.63) is 23.8 Å². The molecule has 0 spiro atoms. The van der Waals surface area contributed by atoms with Crippen LogP contribution in [0.2, 0.25) is 0 Å². The fourth-order valence-electron chi connectivity index (χ4n) is 3.59. The first-order valence-corrected chi connectivity index (χ1v) is 10.0. The third kappa shape index (κ3) is 3.37. The Morgan fingerprint density at radius 3 is 2.61 bits per heavy atom. The molecule has 1 fully saturated rings. The molecule has 0 saturated heterocycles. The van der Waals surface area contributed by atoms with Crippen molar-refractivity contribution < 1.29 is 13.2 Å². The molecule has 0 aromatic heterocycles. The molecule has 1 heterocycles. The van der Waals surface area contributed by atoms with E-state index in [4.69, 9.17) is 0 Å². The summed E-state index contributed by atoms with van der Waals surface area (Å²) in [4.78, 5) is 13.7. The van der Waals surface area contributed by atoms with E-state index < -0.39 is 10.0 Å². The normalized spacial score (nSPS) is 19.5. The first-order chi connectivity index (χ1) is 11.0. The van der Waals surface area contributed by atoms with Gasteiger partial charge in [-0.3, -0.25) is 9.52 Å². The van der Waals surface area contributed by atoms with Crippen LogP contribution < -0.4 is 9.62 Å². The van der Waals surface area contributed by atoms with Crippen molar-refractivity contribution >= 4 is 27.3 Å². The minimum Gasteiger partial charge on any atom is -0.312 e. The van der Waals surface area contributed by atoms with Gasteiger partial charge < -0.3 is 4.90 Å². The Bertz CT molecular complexity index is 694. The van der Waals surface area contributed by atoms with E-state index in [1.165, 1.54) is 0 Å². The summed E-state index contributed by atoms with van der Waals surface area (Å²) in [6, 6.07) is 5.50. The Morgan fingerprint density at radius 1 is 1.17 bits per heavy atom. The summed E-state index contributed by atoms with van der Waals surface area (Å²) in [6.07, 6.45) is 5.76. The van der Waals surface area contributed by atoms with Gasteiger partial charge in [0.15, 0.2) is 0 Å². The number of fused-ring (bicyclic) bond motifs is 1. The van der Waals surface area contributed by atoms with Crippen molar-refractivity contribution in [1.82, 2.24) is 0 Å². The Morgan fingerprint density at radius 2 is 1.91 bits per heavy atom. The van der Waals surface area contributed by atoms with Crippen LogP contribution in [0.25, 0.3) is 0 Å². The summed E-state index contributed by atoms with van der Waals surface area (Å²) in [7, 11) is -3.32. The second-order valence-corrected chi connectivity index (χ2v) is 8.35. The van der Waals surface area contributed by atoms with Gasteiger partial charge in [-0.1, -0.05) is 19.3 Å². The van der Waals surface area contributed by atoms with E-state index >= 15 is 0 Å². The van der Waals surface area contributed by atoms with E-state index in [2.05, 4.69) is 4.72 Å². The molecule has 1 amide bonds.